The summed E-state index contributed by atoms with van der Waals surface area (Å²) in [6, 6.07) is 15.8. The zero-order valence-corrected chi connectivity index (χ0v) is 15.9. The van der Waals surface area contributed by atoms with E-state index in [0.717, 1.165) is 11.3 Å². The summed E-state index contributed by atoms with van der Waals surface area (Å²) in [5, 5.41) is 3.31. The molecule has 4 aromatic rings. The molecule has 4 rings (SSSR count). The lowest BCUT2D eigenvalue weighted by Gasteiger charge is -2.19. The molecule has 0 spiro atoms. The van der Waals surface area contributed by atoms with E-state index in [1.807, 2.05) is 53.4 Å². The molecular formula is C21H18FN3O2S. The number of anilines is 1. The summed E-state index contributed by atoms with van der Waals surface area (Å²) in [6.07, 6.45) is 4.11. The smallest absolute Gasteiger partial charge is 0.228 e. The maximum atomic E-state index is 13.4. The predicted molar refractivity (Wildman–Crippen MR) is 108 cm³/mol. The van der Waals surface area contributed by atoms with Crippen LogP contribution in [-0.2, 0) is 4.79 Å². The van der Waals surface area contributed by atoms with Gasteiger partial charge in [0.1, 0.15) is 11.6 Å². The lowest BCUT2D eigenvalue weighted by atomic mass is 10.0. The van der Waals surface area contributed by atoms with Crippen LogP contribution in [0, 0.1) is 5.82 Å². The van der Waals surface area contributed by atoms with Gasteiger partial charge < -0.3 is 14.6 Å². The average Bonchev–Trinajstić information content (AvgIpc) is 3.35. The molecule has 1 atom stereocenters. The van der Waals surface area contributed by atoms with Crippen molar-refractivity contribution in [2.45, 2.75) is 12.5 Å². The molecule has 0 aliphatic heterocycles. The Hall–Kier alpha value is -3.19. The molecule has 1 N–H and O–H groups in total. The van der Waals surface area contributed by atoms with E-state index in [-0.39, 0.29) is 24.2 Å². The Kier molecular flexibility index (Phi) is 5.08. The fourth-order valence-electron chi connectivity index (χ4n) is 3.07. The molecule has 5 nitrogen and oxygen atoms in total. The van der Waals surface area contributed by atoms with E-state index in [1.54, 1.807) is 13.2 Å². The number of ether oxygens (including phenoxy) is 1. The molecule has 2 heterocycles. The van der Waals surface area contributed by atoms with Crippen LogP contribution in [0.1, 0.15) is 18.0 Å². The number of halogens is 1. The fraction of sp³-hybridized carbons (Fsp3) is 0.143. The first-order valence-electron chi connectivity index (χ1n) is 8.75. The van der Waals surface area contributed by atoms with Gasteiger partial charge in [-0.3, -0.25) is 4.79 Å². The van der Waals surface area contributed by atoms with E-state index >= 15 is 0 Å². The average molecular weight is 395 g/mol. The Labute approximate surface area is 165 Å². The summed E-state index contributed by atoms with van der Waals surface area (Å²) in [5.74, 6) is 0.288. The zero-order valence-electron chi connectivity index (χ0n) is 15.1. The van der Waals surface area contributed by atoms with Crippen molar-refractivity contribution in [3.05, 3.63) is 78.4 Å². The van der Waals surface area contributed by atoms with Gasteiger partial charge in [-0.15, -0.1) is 0 Å². The third-order valence-electron chi connectivity index (χ3n) is 4.46. The molecule has 2 aromatic heterocycles. The highest BCUT2D eigenvalue weighted by Gasteiger charge is 2.18. The number of hydrogen-bond acceptors (Lipinski definition) is 4. The molecule has 0 aliphatic rings. The molecule has 1 amide bonds. The summed E-state index contributed by atoms with van der Waals surface area (Å²) >= 11 is 1.26. The van der Waals surface area contributed by atoms with Gasteiger partial charge in [-0.05, 0) is 48.0 Å². The monoisotopic (exact) mass is 395 g/mol. The zero-order chi connectivity index (χ0) is 19.5. The molecule has 0 aliphatic carbocycles. The molecule has 0 bridgehead atoms. The molecule has 0 fully saturated rings. The van der Waals surface area contributed by atoms with Gasteiger partial charge in [0.2, 0.25) is 5.91 Å². The highest BCUT2D eigenvalue weighted by molar-refractivity contribution is 7.22. The number of fused-ring (bicyclic) bond motifs is 1. The standard InChI is InChI=1S/C21H18FN3O2S/c1-27-16-7-4-14(5-8-16)18(25-10-2-3-11-25)13-20(26)24-21-23-17-9-6-15(22)12-19(17)28-21/h2-12,18H,13H2,1H3,(H,23,24,26). The molecule has 0 radical (unpaired) electrons. The number of carbonyl (C=O) groups excluding carboxylic acids is 1. The van der Waals surface area contributed by atoms with Gasteiger partial charge in [-0.1, -0.05) is 23.5 Å². The summed E-state index contributed by atoms with van der Waals surface area (Å²) in [4.78, 5) is 17.1. The third-order valence-corrected chi connectivity index (χ3v) is 5.40. The maximum Gasteiger partial charge on any atom is 0.228 e. The van der Waals surface area contributed by atoms with Crippen molar-refractivity contribution in [1.29, 1.82) is 0 Å². The number of amides is 1. The number of carbonyl (C=O) groups is 1. The summed E-state index contributed by atoms with van der Waals surface area (Å²) in [5.41, 5.74) is 1.66. The van der Waals surface area contributed by atoms with Crippen molar-refractivity contribution < 1.29 is 13.9 Å². The van der Waals surface area contributed by atoms with Crippen LogP contribution in [0.5, 0.6) is 5.75 Å². The van der Waals surface area contributed by atoms with E-state index < -0.39 is 0 Å². The van der Waals surface area contributed by atoms with E-state index in [0.29, 0.717) is 15.3 Å². The Bertz CT molecular complexity index is 1090. The van der Waals surface area contributed by atoms with Crippen LogP contribution < -0.4 is 10.1 Å². The Balaban J connectivity index is 1.54. The van der Waals surface area contributed by atoms with Gasteiger partial charge >= 0.3 is 0 Å². The Morgan fingerprint density at radius 1 is 1.21 bits per heavy atom. The molecule has 142 valence electrons. The van der Waals surface area contributed by atoms with Crippen LogP contribution in [0.25, 0.3) is 10.2 Å². The minimum absolute atomic E-state index is 0.158. The minimum Gasteiger partial charge on any atom is -0.497 e. The highest BCUT2D eigenvalue weighted by atomic mass is 32.1. The SMILES string of the molecule is COc1ccc(C(CC(=O)Nc2nc3ccc(F)cc3s2)n2cccc2)cc1. The number of methoxy groups -OCH3 is 1. The quantitative estimate of drug-likeness (QED) is 0.507. The molecule has 28 heavy (non-hydrogen) atoms. The van der Waals surface area contributed by atoms with Crippen LogP contribution in [0.15, 0.2) is 67.0 Å². The lowest BCUT2D eigenvalue weighted by molar-refractivity contribution is -0.116. The van der Waals surface area contributed by atoms with Crippen LogP contribution >= 0.6 is 11.3 Å². The van der Waals surface area contributed by atoms with Gasteiger partial charge in [-0.2, -0.15) is 0 Å². The molecule has 0 saturated carbocycles. The van der Waals surface area contributed by atoms with Gasteiger partial charge in [0.05, 0.1) is 29.8 Å². The van der Waals surface area contributed by atoms with E-state index in [2.05, 4.69) is 10.3 Å². The predicted octanol–water partition coefficient (Wildman–Crippen LogP) is 4.86. The van der Waals surface area contributed by atoms with Gasteiger partial charge in [0.25, 0.3) is 0 Å². The summed E-state index contributed by atoms with van der Waals surface area (Å²) < 4.78 is 21.3. The lowest BCUT2D eigenvalue weighted by Crippen LogP contribution is -2.19. The van der Waals surface area contributed by atoms with Crippen LogP contribution in [0.4, 0.5) is 9.52 Å². The maximum absolute atomic E-state index is 13.4. The number of nitrogens with one attached hydrogen (secondary N) is 1. The van der Waals surface area contributed by atoms with Crippen molar-refractivity contribution in [3.8, 4) is 5.75 Å². The second-order valence-electron chi connectivity index (χ2n) is 6.30. The molecule has 0 saturated heterocycles. The topological polar surface area (TPSA) is 56.1 Å². The van der Waals surface area contributed by atoms with Crippen molar-refractivity contribution >= 4 is 32.6 Å². The van der Waals surface area contributed by atoms with Crippen molar-refractivity contribution in [3.63, 3.8) is 0 Å². The van der Waals surface area contributed by atoms with Crippen LogP contribution in [0.3, 0.4) is 0 Å². The number of benzene rings is 2. The highest BCUT2D eigenvalue weighted by Crippen LogP contribution is 2.28. The number of hydrogen-bond donors (Lipinski definition) is 1. The number of aromatic nitrogens is 2. The third kappa shape index (κ3) is 3.89. The molecule has 1 unspecified atom stereocenters. The second kappa shape index (κ2) is 7.82. The molecule has 2 aromatic carbocycles. The first-order chi connectivity index (χ1) is 13.6. The van der Waals surface area contributed by atoms with Gasteiger partial charge in [0, 0.05) is 12.4 Å². The van der Waals surface area contributed by atoms with E-state index in [4.69, 9.17) is 4.74 Å². The van der Waals surface area contributed by atoms with E-state index in [9.17, 15) is 9.18 Å². The first kappa shape index (κ1) is 18.2. The number of rotatable bonds is 6. The van der Waals surface area contributed by atoms with Gasteiger partial charge in [0.15, 0.2) is 5.13 Å². The molecule has 7 heteroatoms. The normalized spacial score (nSPS) is 12.1. The van der Waals surface area contributed by atoms with Crippen molar-refractivity contribution in [1.82, 2.24) is 9.55 Å². The molecular weight excluding hydrogens is 377 g/mol. The van der Waals surface area contributed by atoms with Crippen LogP contribution in [0.2, 0.25) is 0 Å². The van der Waals surface area contributed by atoms with E-state index in [1.165, 1.54) is 23.5 Å². The largest absolute Gasteiger partial charge is 0.497 e. The Morgan fingerprint density at radius 3 is 2.68 bits per heavy atom. The minimum atomic E-state index is -0.318. The summed E-state index contributed by atoms with van der Waals surface area (Å²) in [6.45, 7) is 0. The fourth-order valence-corrected chi connectivity index (χ4v) is 3.98. The number of nitrogens with zero attached hydrogens (tertiary/aromatic N) is 2. The first-order valence-corrected chi connectivity index (χ1v) is 9.56. The van der Waals surface area contributed by atoms with Crippen molar-refractivity contribution in [2.24, 2.45) is 0 Å². The van der Waals surface area contributed by atoms with Crippen LogP contribution in [-0.4, -0.2) is 22.6 Å². The summed E-state index contributed by atoms with van der Waals surface area (Å²) in [7, 11) is 1.62. The number of thiazole rings is 1. The Morgan fingerprint density at radius 2 is 1.96 bits per heavy atom. The van der Waals surface area contributed by atoms with Crippen molar-refractivity contribution in [2.75, 3.05) is 12.4 Å². The van der Waals surface area contributed by atoms with Gasteiger partial charge in [-0.25, -0.2) is 9.37 Å². The second-order valence-corrected chi connectivity index (χ2v) is 7.33.